The van der Waals surface area contributed by atoms with E-state index in [1.165, 1.54) is 0 Å². The number of morpholine rings is 1. The summed E-state index contributed by atoms with van der Waals surface area (Å²) in [4.78, 5) is 16.0. The second-order valence-electron chi connectivity index (χ2n) is 7.49. The first-order valence-corrected chi connectivity index (χ1v) is 12.3. The van der Waals surface area contributed by atoms with Crippen molar-refractivity contribution in [2.24, 2.45) is 0 Å². The summed E-state index contributed by atoms with van der Waals surface area (Å²) in [6.07, 6.45) is 3.67. The van der Waals surface area contributed by atoms with E-state index in [-0.39, 0.29) is 0 Å². The summed E-state index contributed by atoms with van der Waals surface area (Å²) in [5.74, 6) is 2.03. The van der Waals surface area contributed by atoms with Gasteiger partial charge in [0.2, 0.25) is 10.0 Å². The molecule has 9 nitrogen and oxygen atoms in total. The summed E-state index contributed by atoms with van der Waals surface area (Å²) < 4.78 is 31.2. The Morgan fingerprint density at radius 1 is 1.06 bits per heavy atom. The van der Waals surface area contributed by atoms with Crippen LogP contribution in [0.25, 0.3) is 11.4 Å². The number of sulfonamides is 1. The van der Waals surface area contributed by atoms with Crippen LogP contribution in [-0.4, -0.2) is 62.5 Å². The number of pyridine rings is 1. The van der Waals surface area contributed by atoms with E-state index in [1.807, 2.05) is 30.3 Å². The molecule has 10 heteroatoms. The highest BCUT2D eigenvalue weighted by Gasteiger charge is 2.16. The van der Waals surface area contributed by atoms with Crippen LogP contribution < -0.4 is 14.9 Å². The number of ether oxygens (including phenoxy) is 1. The van der Waals surface area contributed by atoms with Crippen LogP contribution in [0.4, 0.5) is 17.3 Å². The van der Waals surface area contributed by atoms with Gasteiger partial charge in [0.1, 0.15) is 11.6 Å². The van der Waals surface area contributed by atoms with Crippen LogP contribution in [0, 0.1) is 0 Å². The maximum atomic E-state index is 11.6. The van der Waals surface area contributed by atoms with Crippen LogP contribution in [0.5, 0.6) is 0 Å². The van der Waals surface area contributed by atoms with E-state index < -0.39 is 10.0 Å². The van der Waals surface area contributed by atoms with E-state index in [2.05, 4.69) is 24.9 Å². The first kappa shape index (κ1) is 22.0. The predicted octanol–water partition coefficient (Wildman–Crippen LogP) is 2.40. The van der Waals surface area contributed by atoms with Crippen LogP contribution in [0.3, 0.4) is 0 Å². The molecule has 3 aromatic rings. The summed E-state index contributed by atoms with van der Waals surface area (Å²) in [5.41, 5.74) is 2.19. The summed E-state index contributed by atoms with van der Waals surface area (Å²) >= 11 is 0. The number of benzene rings is 1. The van der Waals surface area contributed by atoms with Gasteiger partial charge in [-0.25, -0.2) is 18.4 Å². The van der Waals surface area contributed by atoms with Crippen LogP contribution in [0.1, 0.15) is 5.69 Å². The third kappa shape index (κ3) is 6.14. The SMILES string of the molecule is CS(=O)(=O)Nc1cccc(-c2nc(NCCc3ccccn3)cc(N3CCOCC3)n2)c1. The summed E-state index contributed by atoms with van der Waals surface area (Å²) in [7, 11) is -3.38. The minimum atomic E-state index is -3.38. The first-order valence-electron chi connectivity index (χ1n) is 10.4. The van der Waals surface area contributed by atoms with Crippen molar-refractivity contribution in [3.05, 3.63) is 60.4 Å². The number of anilines is 3. The van der Waals surface area contributed by atoms with E-state index in [4.69, 9.17) is 9.72 Å². The van der Waals surface area contributed by atoms with E-state index in [9.17, 15) is 8.42 Å². The Balaban J connectivity index is 1.60. The van der Waals surface area contributed by atoms with Gasteiger partial charge in [-0.15, -0.1) is 0 Å². The zero-order valence-corrected chi connectivity index (χ0v) is 18.7. The lowest BCUT2D eigenvalue weighted by molar-refractivity contribution is 0.122. The van der Waals surface area contributed by atoms with Gasteiger partial charge in [0.25, 0.3) is 0 Å². The maximum absolute atomic E-state index is 11.6. The van der Waals surface area contributed by atoms with Crippen molar-refractivity contribution in [3.8, 4) is 11.4 Å². The van der Waals surface area contributed by atoms with E-state index >= 15 is 0 Å². The number of rotatable bonds is 8. The Morgan fingerprint density at radius 3 is 2.66 bits per heavy atom. The first-order chi connectivity index (χ1) is 15.5. The fourth-order valence-electron chi connectivity index (χ4n) is 3.41. The van der Waals surface area contributed by atoms with Gasteiger partial charge in [0.05, 0.1) is 19.5 Å². The van der Waals surface area contributed by atoms with Crippen LogP contribution >= 0.6 is 0 Å². The Hall–Kier alpha value is -3.24. The van der Waals surface area contributed by atoms with Crippen molar-refractivity contribution in [1.82, 2.24) is 15.0 Å². The van der Waals surface area contributed by atoms with Crippen molar-refractivity contribution in [2.75, 3.05) is 54.0 Å². The highest BCUT2D eigenvalue weighted by Crippen LogP contribution is 2.25. The molecule has 0 saturated carbocycles. The molecule has 3 heterocycles. The molecule has 0 spiro atoms. The minimum Gasteiger partial charge on any atom is -0.378 e. The second kappa shape index (κ2) is 9.92. The number of aromatic nitrogens is 3. The van der Waals surface area contributed by atoms with Crippen LogP contribution in [-0.2, 0) is 21.2 Å². The standard InChI is InChI=1S/C22H26N6O3S/c1-32(29,30)27-19-7-4-5-17(15-19)22-25-20(24-10-8-18-6-2-3-9-23-18)16-21(26-22)28-11-13-31-14-12-28/h2-7,9,15-16,27H,8,10-14H2,1H3,(H,24,25,26). The average Bonchev–Trinajstić information content (AvgIpc) is 2.79. The molecule has 1 aliphatic rings. The Kier molecular flexibility index (Phi) is 6.81. The van der Waals surface area contributed by atoms with Gasteiger partial charge in [-0.2, -0.15) is 0 Å². The Labute approximate surface area is 187 Å². The van der Waals surface area contributed by atoms with E-state index in [0.717, 1.165) is 42.8 Å². The van der Waals surface area contributed by atoms with Gasteiger partial charge < -0.3 is 15.0 Å². The smallest absolute Gasteiger partial charge is 0.229 e. The lowest BCUT2D eigenvalue weighted by Gasteiger charge is -2.28. The zero-order valence-electron chi connectivity index (χ0n) is 17.9. The molecular weight excluding hydrogens is 428 g/mol. The van der Waals surface area contributed by atoms with Crippen LogP contribution in [0.2, 0.25) is 0 Å². The van der Waals surface area contributed by atoms with Gasteiger partial charge in [0.15, 0.2) is 5.82 Å². The predicted molar refractivity (Wildman–Crippen MR) is 125 cm³/mol. The van der Waals surface area contributed by atoms with E-state index in [0.29, 0.717) is 37.1 Å². The van der Waals surface area contributed by atoms with Crippen LogP contribution in [0.15, 0.2) is 54.7 Å². The van der Waals surface area contributed by atoms with Gasteiger partial charge in [-0.3, -0.25) is 9.71 Å². The number of hydrogen-bond donors (Lipinski definition) is 2. The molecule has 1 aromatic carbocycles. The van der Waals surface area contributed by atoms with Gasteiger partial charge in [-0.05, 0) is 24.3 Å². The van der Waals surface area contributed by atoms with Gasteiger partial charge in [-0.1, -0.05) is 18.2 Å². The molecule has 0 radical (unpaired) electrons. The van der Waals surface area contributed by atoms with Gasteiger partial charge in [0, 0.05) is 55.3 Å². The summed E-state index contributed by atoms with van der Waals surface area (Å²) in [6.45, 7) is 3.47. The van der Waals surface area contributed by atoms with Gasteiger partial charge >= 0.3 is 0 Å². The molecule has 0 aliphatic carbocycles. The molecule has 0 atom stereocenters. The lowest BCUT2D eigenvalue weighted by atomic mass is 10.2. The summed E-state index contributed by atoms with van der Waals surface area (Å²) in [6, 6.07) is 14.9. The van der Waals surface area contributed by atoms with Crippen molar-refractivity contribution in [2.45, 2.75) is 6.42 Å². The highest BCUT2D eigenvalue weighted by atomic mass is 32.2. The second-order valence-corrected chi connectivity index (χ2v) is 9.24. The molecule has 0 unspecified atom stereocenters. The molecule has 2 aromatic heterocycles. The highest BCUT2D eigenvalue weighted by molar-refractivity contribution is 7.92. The molecule has 2 N–H and O–H groups in total. The fraction of sp³-hybridized carbons (Fsp3) is 0.318. The third-order valence-electron chi connectivity index (χ3n) is 4.89. The average molecular weight is 455 g/mol. The Morgan fingerprint density at radius 2 is 1.91 bits per heavy atom. The van der Waals surface area contributed by atoms with E-state index in [1.54, 1.807) is 24.4 Å². The molecule has 0 amide bonds. The zero-order chi connectivity index (χ0) is 22.4. The monoisotopic (exact) mass is 454 g/mol. The van der Waals surface area contributed by atoms with Crippen molar-refractivity contribution >= 4 is 27.3 Å². The largest absolute Gasteiger partial charge is 0.378 e. The maximum Gasteiger partial charge on any atom is 0.229 e. The molecule has 0 bridgehead atoms. The Bertz CT molecular complexity index is 1150. The molecular formula is C22H26N6O3S. The molecule has 32 heavy (non-hydrogen) atoms. The number of nitrogens with one attached hydrogen (secondary N) is 2. The molecule has 1 aliphatic heterocycles. The topological polar surface area (TPSA) is 109 Å². The molecule has 168 valence electrons. The van der Waals surface area contributed by atoms with Crippen molar-refractivity contribution in [1.29, 1.82) is 0 Å². The normalized spacial score (nSPS) is 14.2. The lowest BCUT2D eigenvalue weighted by Crippen LogP contribution is -2.36. The fourth-order valence-corrected chi connectivity index (χ4v) is 3.96. The van der Waals surface area contributed by atoms with Crippen molar-refractivity contribution < 1.29 is 13.2 Å². The minimum absolute atomic E-state index is 0.468. The number of hydrogen-bond acceptors (Lipinski definition) is 8. The quantitative estimate of drug-likeness (QED) is 0.534. The van der Waals surface area contributed by atoms with Crippen molar-refractivity contribution in [3.63, 3.8) is 0 Å². The molecule has 1 saturated heterocycles. The molecule has 1 fully saturated rings. The number of nitrogens with zero attached hydrogens (tertiary/aromatic N) is 4. The summed E-state index contributed by atoms with van der Waals surface area (Å²) in [5, 5.41) is 3.38. The molecule has 4 rings (SSSR count). The third-order valence-corrected chi connectivity index (χ3v) is 5.49.